The molecule has 0 amide bonds. The summed E-state index contributed by atoms with van der Waals surface area (Å²) >= 11 is 5.98. The van der Waals surface area contributed by atoms with E-state index < -0.39 is 15.3 Å². The van der Waals surface area contributed by atoms with Crippen LogP contribution in [0.15, 0.2) is 24.3 Å². The van der Waals surface area contributed by atoms with Crippen molar-refractivity contribution in [3.05, 3.63) is 29.8 Å². The van der Waals surface area contributed by atoms with Gasteiger partial charge in [0.25, 0.3) is 0 Å². The van der Waals surface area contributed by atoms with Crippen LogP contribution < -0.4 is 4.72 Å². The smallest absolute Gasteiger partial charge is 0.235 e. The molecule has 90 valence electrons. The lowest BCUT2D eigenvalue weighted by Gasteiger charge is -2.15. The summed E-state index contributed by atoms with van der Waals surface area (Å²) < 4.78 is 26.0. The maximum absolute atomic E-state index is 11.7. The van der Waals surface area contributed by atoms with Crippen molar-refractivity contribution >= 4 is 27.3 Å². The summed E-state index contributed by atoms with van der Waals surface area (Å²) in [7, 11) is -3.32. The zero-order chi connectivity index (χ0) is 12.3. The lowest BCUT2D eigenvalue weighted by molar-refractivity contribution is 0.592. The summed E-state index contributed by atoms with van der Waals surface area (Å²) in [4.78, 5) is 0. The summed E-state index contributed by atoms with van der Waals surface area (Å²) in [6.07, 6.45) is 0. The first kappa shape index (κ1) is 13.3. The van der Waals surface area contributed by atoms with Crippen LogP contribution >= 0.6 is 11.6 Å². The van der Waals surface area contributed by atoms with Crippen LogP contribution in [-0.2, 0) is 10.0 Å². The summed E-state index contributed by atoms with van der Waals surface area (Å²) in [6, 6.07) is 7.15. The third-order valence-electron chi connectivity index (χ3n) is 2.26. The standard InChI is InChI=1S/C11H16ClNO2S/c1-8(2)16(14,15)13-11-7-5-4-6-10(11)9(3)12/h4-9,13H,1-3H3. The zero-order valence-electron chi connectivity index (χ0n) is 9.57. The Bertz CT molecular complexity index is 455. The monoisotopic (exact) mass is 261 g/mol. The van der Waals surface area contributed by atoms with Gasteiger partial charge in [0.2, 0.25) is 10.0 Å². The number of para-hydroxylation sites is 1. The van der Waals surface area contributed by atoms with E-state index in [0.29, 0.717) is 5.69 Å². The highest BCUT2D eigenvalue weighted by Gasteiger charge is 2.18. The molecule has 0 aliphatic rings. The van der Waals surface area contributed by atoms with Gasteiger partial charge in [-0.1, -0.05) is 18.2 Å². The minimum absolute atomic E-state index is 0.230. The summed E-state index contributed by atoms with van der Waals surface area (Å²) in [5.41, 5.74) is 1.34. The molecule has 16 heavy (non-hydrogen) atoms. The largest absolute Gasteiger partial charge is 0.283 e. The molecule has 0 fully saturated rings. The summed E-state index contributed by atoms with van der Waals surface area (Å²) in [6.45, 7) is 5.08. The van der Waals surface area contributed by atoms with Gasteiger partial charge in [0.15, 0.2) is 0 Å². The van der Waals surface area contributed by atoms with Crippen molar-refractivity contribution in [2.24, 2.45) is 0 Å². The van der Waals surface area contributed by atoms with E-state index in [1.165, 1.54) is 0 Å². The van der Waals surface area contributed by atoms with E-state index in [1.807, 2.05) is 19.1 Å². The normalized spacial score (nSPS) is 13.8. The second-order valence-corrected chi connectivity index (χ2v) is 6.79. The number of anilines is 1. The fourth-order valence-electron chi connectivity index (χ4n) is 1.21. The molecule has 1 atom stereocenters. The molecule has 0 aliphatic heterocycles. The van der Waals surface area contributed by atoms with E-state index in [9.17, 15) is 8.42 Å². The van der Waals surface area contributed by atoms with E-state index in [4.69, 9.17) is 11.6 Å². The molecular weight excluding hydrogens is 246 g/mol. The third-order valence-corrected chi connectivity index (χ3v) is 4.24. The molecule has 1 aromatic carbocycles. The second kappa shape index (κ2) is 5.06. The van der Waals surface area contributed by atoms with Crippen molar-refractivity contribution in [2.75, 3.05) is 4.72 Å². The van der Waals surface area contributed by atoms with Crippen LogP contribution in [0.4, 0.5) is 5.69 Å². The van der Waals surface area contributed by atoms with Gasteiger partial charge in [0, 0.05) is 0 Å². The SMILES string of the molecule is CC(Cl)c1ccccc1NS(=O)(=O)C(C)C. The minimum atomic E-state index is -3.32. The van der Waals surface area contributed by atoms with Crippen LogP contribution in [0.2, 0.25) is 0 Å². The van der Waals surface area contributed by atoms with Gasteiger partial charge in [-0.3, -0.25) is 4.72 Å². The molecular formula is C11H16ClNO2S. The minimum Gasteiger partial charge on any atom is -0.283 e. The van der Waals surface area contributed by atoms with Crippen LogP contribution in [0.3, 0.4) is 0 Å². The third kappa shape index (κ3) is 3.12. The molecule has 0 aromatic heterocycles. The molecule has 0 radical (unpaired) electrons. The fourth-order valence-corrected chi connectivity index (χ4v) is 2.13. The Morgan fingerprint density at radius 2 is 1.75 bits per heavy atom. The molecule has 0 saturated carbocycles. The number of sulfonamides is 1. The van der Waals surface area contributed by atoms with E-state index in [2.05, 4.69) is 4.72 Å². The van der Waals surface area contributed by atoms with Gasteiger partial charge in [-0.25, -0.2) is 8.42 Å². The van der Waals surface area contributed by atoms with Crippen LogP contribution in [0, 0.1) is 0 Å². The van der Waals surface area contributed by atoms with Crippen molar-refractivity contribution in [2.45, 2.75) is 31.4 Å². The van der Waals surface area contributed by atoms with Gasteiger partial charge >= 0.3 is 0 Å². The predicted octanol–water partition coefficient (Wildman–Crippen LogP) is 3.14. The Morgan fingerprint density at radius 3 is 2.25 bits per heavy atom. The topological polar surface area (TPSA) is 46.2 Å². The van der Waals surface area contributed by atoms with Crippen LogP contribution in [-0.4, -0.2) is 13.7 Å². The lowest BCUT2D eigenvalue weighted by Crippen LogP contribution is -2.23. The van der Waals surface area contributed by atoms with E-state index in [1.54, 1.807) is 26.0 Å². The Kier molecular flexibility index (Phi) is 4.21. The highest BCUT2D eigenvalue weighted by atomic mass is 35.5. The van der Waals surface area contributed by atoms with Gasteiger partial charge in [0.05, 0.1) is 16.3 Å². The summed E-state index contributed by atoms with van der Waals surface area (Å²) in [5, 5.41) is -0.697. The molecule has 1 aromatic rings. The number of alkyl halides is 1. The van der Waals surface area contributed by atoms with Gasteiger partial charge in [0.1, 0.15) is 0 Å². The Hall–Kier alpha value is -0.740. The predicted molar refractivity (Wildman–Crippen MR) is 68.4 cm³/mol. The lowest BCUT2D eigenvalue weighted by atomic mass is 10.1. The first-order chi connectivity index (χ1) is 7.34. The van der Waals surface area contributed by atoms with Gasteiger partial charge < -0.3 is 0 Å². The van der Waals surface area contributed by atoms with Crippen LogP contribution in [0.25, 0.3) is 0 Å². The number of hydrogen-bond acceptors (Lipinski definition) is 2. The molecule has 3 nitrogen and oxygen atoms in total. The Morgan fingerprint density at radius 1 is 1.19 bits per heavy atom. The number of halogens is 1. The second-order valence-electron chi connectivity index (χ2n) is 3.90. The molecule has 0 spiro atoms. The quantitative estimate of drug-likeness (QED) is 0.847. The first-order valence-corrected chi connectivity index (χ1v) is 7.07. The Balaban J connectivity index is 3.07. The van der Waals surface area contributed by atoms with Crippen LogP contribution in [0.1, 0.15) is 31.7 Å². The fraction of sp³-hybridized carbons (Fsp3) is 0.455. The van der Waals surface area contributed by atoms with Crippen molar-refractivity contribution in [1.82, 2.24) is 0 Å². The molecule has 0 bridgehead atoms. The maximum atomic E-state index is 11.7. The molecule has 0 saturated heterocycles. The zero-order valence-corrected chi connectivity index (χ0v) is 11.1. The molecule has 0 heterocycles. The molecule has 1 rings (SSSR count). The number of rotatable bonds is 4. The average Bonchev–Trinajstić information content (AvgIpc) is 2.17. The Labute approximate surface area is 102 Å². The molecule has 0 aliphatic carbocycles. The molecule has 1 unspecified atom stereocenters. The highest BCUT2D eigenvalue weighted by molar-refractivity contribution is 7.93. The average molecular weight is 262 g/mol. The maximum Gasteiger partial charge on any atom is 0.235 e. The van der Waals surface area contributed by atoms with Gasteiger partial charge in [-0.05, 0) is 32.4 Å². The molecule has 1 N–H and O–H groups in total. The number of benzene rings is 1. The van der Waals surface area contributed by atoms with E-state index in [0.717, 1.165) is 5.56 Å². The van der Waals surface area contributed by atoms with Crippen molar-refractivity contribution in [3.8, 4) is 0 Å². The van der Waals surface area contributed by atoms with Crippen LogP contribution in [0.5, 0.6) is 0 Å². The number of hydrogen-bond donors (Lipinski definition) is 1. The first-order valence-electron chi connectivity index (χ1n) is 5.09. The van der Waals surface area contributed by atoms with Crippen molar-refractivity contribution in [3.63, 3.8) is 0 Å². The van der Waals surface area contributed by atoms with Crippen molar-refractivity contribution in [1.29, 1.82) is 0 Å². The van der Waals surface area contributed by atoms with E-state index >= 15 is 0 Å². The number of nitrogens with one attached hydrogen (secondary N) is 1. The van der Waals surface area contributed by atoms with E-state index in [-0.39, 0.29) is 5.38 Å². The van der Waals surface area contributed by atoms with Gasteiger partial charge in [-0.2, -0.15) is 0 Å². The molecule has 5 heteroatoms. The van der Waals surface area contributed by atoms with Crippen molar-refractivity contribution < 1.29 is 8.42 Å². The highest BCUT2D eigenvalue weighted by Crippen LogP contribution is 2.28. The van der Waals surface area contributed by atoms with Gasteiger partial charge in [-0.15, -0.1) is 11.6 Å². The summed E-state index contributed by atoms with van der Waals surface area (Å²) in [5.74, 6) is 0.